The Hall–Kier alpha value is -1.70. The Balaban J connectivity index is 3.04. The second-order valence-corrected chi connectivity index (χ2v) is 5.26. The van der Waals surface area contributed by atoms with Crippen molar-refractivity contribution in [3.05, 3.63) is 17.3 Å². The number of aromatic nitrogens is 1. The summed E-state index contributed by atoms with van der Waals surface area (Å²) >= 11 is 2.93. The summed E-state index contributed by atoms with van der Waals surface area (Å²) < 4.78 is 10.0. The van der Waals surface area contributed by atoms with Crippen LogP contribution in [-0.2, 0) is 14.3 Å². The molecule has 0 spiro atoms. The number of esters is 1. The number of rotatable bonds is 6. The molecule has 7 nitrogen and oxygen atoms in total. The molecule has 1 aromatic heterocycles. The van der Waals surface area contributed by atoms with Gasteiger partial charge in [0, 0.05) is 0 Å². The fraction of sp³-hybridized carbons (Fsp3) is 0.538. The zero-order valence-corrected chi connectivity index (χ0v) is 13.8. The van der Waals surface area contributed by atoms with Gasteiger partial charge in [0.25, 0.3) is 5.91 Å². The van der Waals surface area contributed by atoms with Gasteiger partial charge in [0.1, 0.15) is 11.8 Å². The first kappa shape index (κ1) is 17.4. The highest BCUT2D eigenvalue weighted by molar-refractivity contribution is 9.09. The average molecular weight is 361 g/mol. The van der Waals surface area contributed by atoms with Crippen molar-refractivity contribution in [3.63, 3.8) is 0 Å². The van der Waals surface area contributed by atoms with Crippen molar-refractivity contribution >= 4 is 33.6 Å². The Morgan fingerprint density at radius 3 is 2.48 bits per heavy atom. The van der Waals surface area contributed by atoms with E-state index in [1.54, 1.807) is 6.92 Å². The third-order valence-corrected chi connectivity index (χ3v) is 3.30. The van der Waals surface area contributed by atoms with E-state index < -0.39 is 23.7 Å². The van der Waals surface area contributed by atoms with Gasteiger partial charge in [0.15, 0.2) is 5.69 Å². The van der Waals surface area contributed by atoms with Gasteiger partial charge >= 0.3 is 5.97 Å². The maximum Gasteiger partial charge on any atom is 0.360 e. The van der Waals surface area contributed by atoms with Gasteiger partial charge in [-0.2, -0.15) is 0 Å². The lowest BCUT2D eigenvalue weighted by atomic mass is 10.0. The number of nitrogens with zero attached hydrogens (tertiary/aromatic N) is 1. The van der Waals surface area contributed by atoms with Gasteiger partial charge in [-0.25, -0.2) is 9.78 Å². The normalized spacial score (nSPS) is 12.1. The Bertz CT molecular complexity index is 553. The molecule has 0 aromatic carbocycles. The maximum atomic E-state index is 11.7. The molecule has 0 aliphatic rings. The SMILES string of the molecule is COC(=O)c1nc([C@@H](NC(=O)C(=O)CBr)C(C)C)oc1C. The number of methoxy groups -OCH3 is 1. The summed E-state index contributed by atoms with van der Waals surface area (Å²) in [7, 11) is 1.24. The first-order valence-electron chi connectivity index (χ1n) is 6.27. The number of amides is 1. The number of hydrogen-bond acceptors (Lipinski definition) is 6. The highest BCUT2D eigenvalue weighted by Crippen LogP contribution is 2.23. The van der Waals surface area contributed by atoms with Crippen LogP contribution in [0.15, 0.2) is 4.42 Å². The van der Waals surface area contributed by atoms with Gasteiger partial charge in [0.2, 0.25) is 11.7 Å². The molecule has 0 aliphatic carbocycles. The number of ketones is 1. The van der Waals surface area contributed by atoms with Gasteiger partial charge < -0.3 is 14.5 Å². The van der Waals surface area contributed by atoms with E-state index >= 15 is 0 Å². The van der Waals surface area contributed by atoms with Gasteiger partial charge in [-0.15, -0.1) is 0 Å². The molecule has 1 rings (SSSR count). The molecule has 1 heterocycles. The van der Waals surface area contributed by atoms with Crippen molar-refractivity contribution in [1.29, 1.82) is 0 Å². The average Bonchev–Trinajstić information content (AvgIpc) is 2.83. The van der Waals surface area contributed by atoms with Crippen LogP contribution in [0.3, 0.4) is 0 Å². The number of carbonyl (C=O) groups is 3. The Kier molecular flexibility index (Phi) is 6.07. The predicted octanol–water partition coefficient (Wildman–Crippen LogP) is 1.55. The molecule has 21 heavy (non-hydrogen) atoms. The van der Waals surface area contributed by atoms with E-state index in [0.29, 0.717) is 5.76 Å². The molecule has 116 valence electrons. The molecule has 0 saturated heterocycles. The van der Waals surface area contributed by atoms with E-state index in [1.165, 1.54) is 7.11 Å². The Morgan fingerprint density at radius 1 is 1.38 bits per heavy atom. The van der Waals surface area contributed by atoms with Crippen LogP contribution in [0.5, 0.6) is 0 Å². The van der Waals surface area contributed by atoms with Crippen LogP contribution in [0.25, 0.3) is 0 Å². The van der Waals surface area contributed by atoms with Crippen LogP contribution in [0.4, 0.5) is 0 Å². The Morgan fingerprint density at radius 2 is 2.00 bits per heavy atom. The van der Waals surface area contributed by atoms with Crippen LogP contribution in [0, 0.1) is 12.8 Å². The van der Waals surface area contributed by atoms with Crippen molar-refractivity contribution in [1.82, 2.24) is 10.3 Å². The zero-order chi connectivity index (χ0) is 16.2. The van der Waals surface area contributed by atoms with Crippen LogP contribution in [0.2, 0.25) is 0 Å². The number of alkyl halides is 1. The summed E-state index contributed by atoms with van der Waals surface area (Å²) in [4.78, 5) is 38.6. The molecular formula is C13H17BrN2O5. The topological polar surface area (TPSA) is 98.5 Å². The molecule has 1 aromatic rings. The number of nitrogens with one attached hydrogen (secondary N) is 1. The summed E-state index contributed by atoms with van der Waals surface area (Å²) in [5.41, 5.74) is 0.0548. The molecule has 0 bridgehead atoms. The van der Waals surface area contributed by atoms with Gasteiger partial charge in [-0.05, 0) is 12.8 Å². The minimum absolute atomic E-state index is 0.0548. The van der Waals surface area contributed by atoms with Crippen LogP contribution in [-0.4, -0.2) is 35.1 Å². The zero-order valence-electron chi connectivity index (χ0n) is 12.2. The van der Waals surface area contributed by atoms with E-state index in [4.69, 9.17) is 4.42 Å². The molecule has 1 amide bonds. The van der Waals surface area contributed by atoms with Crippen LogP contribution >= 0.6 is 15.9 Å². The smallest absolute Gasteiger partial charge is 0.360 e. The van der Waals surface area contributed by atoms with Gasteiger partial charge in [-0.3, -0.25) is 9.59 Å². The number of ether oxygens (including phenoxy) is 1. The van der Waals surface area contributed by atoms with Crippen LogP contribution < -0.4 is 5.32 Å². The molecular weight excluding hydrogens is 344 g/mol. The third-order valence-electron chi connectivity index (χ3n) is 2.79. The van der Waals surface area contributed by atoms with Crippen molar-refractivity contribution in [2.75, 3.05) is 12.4 Å². The molecule has 0 unspecified atom stereocenters. The fourth-order valence-corrected chi connectivity index (χ4v) is 1.89. The van der Waals surface area contributed by atoms with E-state index in [-0.39, 0.29) is 22.8 Å². The highest BCUT2D eigenvalue weighted by atomic mass is 79.9. The fourth-order valence-electron chi connectivity index (χ4n) is 1.63. The monoisotopic (exact) mass is 360 g/mol. The first-order chi connectivity index (χ1) is 9.81. The molecule has 0 saturated carbocycles. The summed E-state index contributed by atoms with van der Waals surface area (Å²) in [6.07, 6.45) is 0. The van der Waals surface area contributed by atoms with E-state index in [0.717, 1.165) is 0 Å². The van der Waals surface area contributed by atoms with E-state index in [9.17, 15) is 14.4 Å². The number of aryl methyl sites for hydroxylation is 1. The van der Waals surface area contributed by atoms with Crippen molar-refractivity contribution in [2.24, 2.45) is 5.92 Å². The molecule has 0 aliphatic heterocycles. The second kappa shape index (κ2) is 7.35. The van der Waals surface area contributed by atoms with Gasteiger partial charge in [-0.1, -0.05) is 29.8 Å². The lowest BCUT2D eigenvalue weighted by Gasteiger charge is -2.18. The summed E-state index contributed by atoms with van der Waals surface area (Å²) in [5, 5.41) is 2.49. The predicted molar refractivity (Wildman–Crippen MR) is 77.1 cm³/mol. The van der Waals surface area contributed by atoms with Crippen LogP contribution in [0.1, 0.15) is 42.0 Å². The van der Waals surface area contributed by atoms with Crippen molar-refractivity contribution in [3.8, 4) is 0 Å². The quantitative estimate of drug-likeness (QED) is 0.469. The molecule has 8 heteroatoms. The number of halogens is 1. The van der Waals surface area contributed by atoms with Gasteiger partial charge in [0.05, 0.1) is 12.4 Å². The van der Waals surface area contributed by atoms with E-state index in [2.05, 4.69) is 31.0 Å². The Labute approximate surface area is 130 Å². The molecule has 1 N–H and O–H groups in total. The minimum atomic E-state index is -0.735. The number of oxazole rings is 1. The number of carbonyl (C=O) groups excluding carboxylic acids is 3. The lowest BCUT2D eigenvalue weighted by molar-refractivity contribution is -0.137. The standard InChI is InChI=1S/C13H17BrN2O5/c1-6(2)9(15-11(18)8(17)5-14)12-16-10(7(3)21-12)13(19)20-4/h6,9H,5H2,1-4H3,(H,15,18)/t9-/m0/s1. The summed E-state index contributed by atoms with van der Waals surface area (Å²) in [5.74, 6) is -1.58. The highest BCUT2D eigenvalue weighted by Gasteiger charge is 2.28. The largest absolute Gasteiger partial charge is 0.464 e. The van der Waals surface area contributed by atoms with Crippen molar-refractivity contribution < 1.29 is 23.5 Å². The second-order valence-electron chi connectivity index (χ2n) is 4.70. The third kappa shape index (κ3) is 4.13. The lowest BCUT2D eigenvalue weighted by Crippen LogP contribution is -2.37. The van der Waals surface area contributed by atoms with Crippen molar-refractivity contribution in [2.45, 2.75) is 26.8 Å². The minimum Gasteiger partial charge on any atom is -0.464 e. The number of hydrogen-bond donors (Lipinski definition) is 1. The summed E-state index contributed by atoms with van der Waals surface area (Å²) in [6.45, 7) is 5.24. The molecule has 1 atom stereocenters. The maximum absolute atomic E-state index is 11.7. The molecule has 0 radical (unpaired) electrons. The molecule has 0 fully saturated rings. The number of Topliss-reactive ketones (excluding diaryl/α,β-unsaturated/α-hetero) is 1. The summed E-state index contributed by atoms with van der Waals surface area (Å²) in [6, 6.07) is -0.613. The van der Waals surface area contributed by atoms with E-state index in [1.807, 2.05) is 13.8 Å². The first-order valence-corrected chi connectivity index (χ1v) is 7.39.